The second-order valence-electron chi connectivity index (χ2n) is 7.70. The maximum absolute atomic E-state index is 4.61. The van der Waals surface area contributed by atoms with Gasteiger partial charge in [-0.1, -0.05) is 24.3 Å². The van der Waals surface area contributed by atoms with Gasteiger partial charge in [0.2, 0.25) is 0 Å². The van der Waals surface area contributed by atoms with Crippen LogP contribution in [0, 0.1) is 0 Å². The van der Waals surface area contributed by atoms with Crippen molar-refractivity contribution < 1.29 is 0 Å². The van der Waals surface area contributed by atoms with E-state index in [0.29, 0.717) is 6.04 Å². The van der Waals surface area contributed by atoms with Gasteiger partial charge in [0.1, 0.15) is 5.82 Å². The molecule has 0 spiro atoms. The lowest BCUT2D eigenvalue weighted by Gasteiger charge is -2.35. The van der Waals surface area contributed by atoms with E-state index in [4.69, 9.17) is 0 Å². The van der Waals surface area contributed by atoms with Gasteiger partial charge in [0, 0.05) is 74.0 Å². The van der Waals surface area contributed by atoms with Gasteiger partial charge in [0.05, 0.1) is 6.04 Å². The summed E-state index contributed by atoms with van der Waals surface area (Å²) in [5.74, 6) is 1.14. The van der Waals surface area contributed by atoms with Crippen molar-refractivity contribution in [1.29, 1.82) is 0 Å². The maximum Gasteiger partial charge on any atom is 0.127 e. The van der Waals surface area contributed by atoms with Crippen molar-refractivity contribution in [2.24, 2.45) is 7.05 Å². The van der Waals surface area contributed by atoms with Gasteiger partial charge in [0.25, 0.3) is 0 Å². The minimum Gasteiger partial charge on any atom is -0.341 e. The third-order valence-electron chi connectivity index (χ3n) is 6.05. The van der Waals surface area contributed by atoms with Gasteiger partial charge < -0.3 is 14.5 Å². The molecule has 0 saturated carbocycles. The topological polar surface area (TPSA) is 38.0 Å². The van der Waals surface area contributed by atoms with Crippen LogP contribution in [0.5, 0.6) is 0 Å². The Morgan fingerprint density at radius 1 is 1.11 bits per heavy atom. The first-order chi connectivity index (χ1) is 13.8. The largest absolute Gasteiger partial charge is 0.341 e. The minimum atomic E-state index is 0.307. The fourth-order valence-electron chi connectivity index (χ4n) is 4.66. The molecule has 3 heterocycles. The number of aryl methyl sites for hydroxylation is 2. The van der Waals surface area contributed by atoms with E-state index in [2.05, 4.69) is 80.8 Å². The molecule has 1 fully saturated rings. The highest BCUT2D eigenvalue weighted by molar-refractivity contribution is 6.08. The van der Waals surface area contributed by atoms with E-state index < -0.39 is 0 Å². The van der Waals surface area contributed by atoms with Gasteiger partial charge >= 0.3 is 0 Å². The van der Waals surface area contributed by atoms with E-state index in [1.807, 2.05) is 12.4 Å². The third kappa shape index (κ3) is 2.82. The zero-order valence-corrected chi connectivity index (χ0v) is 16.6. The van der Waals surface area contributed by atoms with Crippen LogP contribution < -0.4 is 5.32 Å². The van der Waals surface area contributed by atoms with Crippen LogP contribution in [-0.2, 0) is 20.1 Å². The van der Waals surface area contributed by atoms with E-state index in [9.17, 15) is 0 Å². The molecule has 4 aromatic rings. The van der Waals surface area contributed by atoms with Crippen molar-refractivity contribution in [3.8, 4) is 0 Å². The summed E-state index contributed by atoms with van der Waals surface area (Å²) in [5, 5.41) is 6.24. The number of hydrogen-bond acceptors (Lipinski definition) is 3. The molecule has 0 bridgehead atoms. The lowest BCUT2D eigenvalue weighted by molar-refractivity contribution is 0.145. The van der Waals surface area contributed by atoms with E-state index >= 15 is 0 Å². The molecule has 1 atom stereocenters. The number of aromatic nitrogens is 3. The summed E-state index contributed by atoms with van der Waals surface area (Å²) in [7, 11) is 2.08. The maximum atomic E-state index is 4.61. The van der Waals surface area contributed by atoms with E-state index in [1.165, 1.54) is 27.4 Å². The van der Waals surface area contributed by atoms with Crippen molar-refractivity contribution in [1.82, 2.24) is 24.3 Å². The molecule has 1 unspecified atom stereocenters. The van der Waals surface area contributed by atoms with Gasteiger partial charge in [-0.2, -0.15) is 0 Å². The standard InChI is InChI=1S/C23H27N5/c1-3-28-20-7-5-4-6-18(20)19-14-17(8-9-21(19)28)16-27-13-10-24-15-22(27)23-25-11-12-26(23)2/h4-9,11-12,14,22,24H,3,10,13,15-16H2,1-2H3. The first kappa shape index (κ1) is 17.5. The minimum absolute atomic E-state index is 0.307. The molecule has 1 aliphatic rings. The molecular weight excluding hydrogens is 346 g/mol. The normalized spacial score (nSPS) is 18.3. The monoisotopic (exact) mass is 373 g/mol. The highest BCUT2D eigenvalue weighted by Crippen LogP contribution is 2.31. The molecule has 5 rings (SSSR count). The summed E-state index contributed by atoms with van der Waals surface area (Å²) in [6.45, 7) is 7.16. The van der Waals surface area contributed by atoms with Crippen molar-refractivity contribution >= 4 is 21.8 Å². The predicted molar refractivity (Wildman–Crippen MR) is 114 cm³/mol. The van der Waals surface area contributed by atoms with Crippen LogP contribution in [0.3, 0.4) is 0 Å². The Hall–Kier alpha value is -2.63. The lowest BCUT2D eigenvalue weighted by atomic mass is 10.1. The number of nitrogens with one attached hydrogen (secondary N) is 1. The van der Waals surface area contributed by atoms with Crippen LogP contribution in [0.4, 0.5) is 0 Å². The second-order valence-corrected chi connectivity index (χ2v) is 7.70. The van der Waals surface area contributed by atoms with Crippen LogP contribution in [0.2, 0.25) is 0 Å². The molecule has 0 aliphatic carbocycles. The van der Waals surface area contributed by atoms with Crippen molar-refractivity contribution in [3.63, 3.8) is 0 Å². The van der Waals surface area contributed by atoms with Gasteiger partial charge in [-0.25, -0.2) is 4.98 Å². The summed E-state index contributed by atoms with van der Waals surface area (Å²) in [4.78, 5) is 7.17. The molecule has 144 valence electrons. The highest BCUT2D eigenvalue weighted by atomic mass is 15.3. The fraction of sp³-hybridized carbons (Fsp3) is 0.348. The zero-order valence-electron chi connectivity index (χ0n) is 16.6. The second kappa shape index (κ2) is 7.08. The Balaban J connectivity index is 1.52. The average Bonchev–Trinajstić information content (AvgIpc) is 3.29. The number of benzene rings is 2. The zero-order chi connectivity index (χ0) is 19.1. The number of fused-ring (bicyclic) bond motifs is 3. The van der Waals surface area contributed by atoms with Crippen LogP contribution in [0.15, 0.2) is 54.9 Å². The molecule has 5 heteroatoms. The molecule has 0 amide bonds. The van der Waals surface area contributed by atoms with E-state index in [0.717, 1.165) is 38.5 Å². The Labute approximate surface area is 165 Å². The molecular formula is C23H27N5. The van der Waals surface area contributed by atoms with E-state index in [1.54, 1.807) is 0 Å². The first-order valence-electron chi connectivity index (χ1n) is 10.2. The van der Waals surface area contributed by atoms with Crippen LogP contribution >= 0.6 is 0 Å². The summed E-state index contributed by atoms with van der Waals surface area (Å²) >= 11 is 0. The smallest absolute Gasteiger partial charge is 0.127 e. The van der Waals surface area contributed by atoms with Gasteiger partial charge in [0.15, 0.2) is 0 Å². The molecule has 1 aliphatic heterocycles. The van der Waals surface area contributed by atoms with Crippen molar-refractivity contribution in [3.05, 3.63) is 66.2 Å². The average molecular weight is 374 g/mol. The predicted octanol–water partition coefficient (Wildman–Crippen LogP) is 3.69. The highest BCUT2D eigenvalue weighted by Gasteiger charge is 2.26. The summed E-state index contributed by atoms with van der Waals surface area (Å²) < 4.78 is 4.55. The molecule has 1 saturated heterocycles. The number of rotatable bonds is 4. The Kier molecular flexibility index (Phi) is 4.41. The summed E-state index contributed by atoms with van der Waals surface area (Å²) in [6.07, 6.45) is 3.93. The fourth-order valence-corrected chi connectivity index (χ4v) is 4.66. The van der Waals surface area contributed by atoms with Crippen LogP contribution in [0.1, 0.15) is 24.4 Å². The lowest BCUT2D eigenvalue weighted by Crippen LogP contribution is -2.46. The quantitative estimate of drug-likeness (QED) is 0.593. The van der Waals surface area contributed by atoms with Crippen molar-refractivity contribution in [2.75, 3.05) is 19.6 Å². The van der Waals surface area contributed by atoms with Crippen LogP contribution in [0.25, 0.3) is 21.8 Å². The Morgan fingerprint density at radius 3 is 2.79 bits per heavy atom. The molecule has 0 radical (unpaired) electrons. The summed E-state index contributed by atoms with van der Waals surface area (Å²) in [6, 6.07) is 16.0. The Bertz CT molecular complexity index is 1120. The van der Waals surface area contributed by atoms with Gasteiger partial charge in [-0.15, -0.1) is 0 Å². The first-order valence-corrected chi connectivity index (χ1v) is 10.2. The van der Waals surface area contributed by atoms with Gasteiger partial charge in [-0.3, -0.25) is 4.90 Å². The van der Waals surface area contributed by atoms with Crippen LogP contribution in [-0.4, -0.2) is 38.7 Å². The number of hydrogen-bond donors (Lipinski definition) is 1. The molecule has 1 N–H and O–H groups in total. The van der Waals surface area contributed by atoms with Crippen molar-refractivity contribution in [2.45, 2.75) is 26.1 Å². The number of piperazine rings is 1. The van der Waals surface area contributed by atoms with E-state index in [-0.39, 0.29) is 0 Å². The number of imidazole rings is 1. The third-order valence-corrected chi connectivity index (χ3v) is 6.05. The number of nitrogens with zero attached hydrogens (tertiary/aromatic N) is 4. The molecule has 5 nitrogen and oxygen atoms in total. The van der Waals surface area contributed by atoms with Gasteiger partial charge in [-0.05, 0) is 30.7 Å². The summed E-state index contributed by atoms with van der Waals surface area (Å²) in [5.41, 5.74) is 4.02. The number of para-hydroxylation sites is 1. The SMILES string of the molecule is CCn1c2ccccc2c2cc(CN3CCNCC3c3nccn3C)ccc21. The molecule has 28 heavy (non-hydrogen) atoms. The molecule has 2 aromatic carbocycles. The molecule has 2 aromatic heterocycles. The Morgan fingerprint density at radius 2 is 1.96 bits per heavy atom.